The summed E-state index contributed by atoms with van der Waals surface area (Å²) in [6, 6.07) is 6.61. The van der Waals surface area contributed by atoms with Gasteiger partial charge in [-0.2, -0.15) is 13.2 Å². The molecule has 1 saturated heterocycles. The number of aromatic nitrogens is 1. The summed E-state index contributed by atoms with van der Waals surface area (Å²) in [5.74, 6) is -0.0540. The molecule has 0 atom stereocenters. The number of aromatic amines is 1. The van der Waals surface area contributed by atoms with Gasteiger partial charge in [0, 0.05) is 51.2 Å². The highest BCUT2D eigenvalue weighted by molar-refractivity contribution is 5.95. The van der Waals surface area contributed by atoms with E-state index in [0.29, 0.717) is 29.9 Å². The molecule has 28 heavy (non-hydrogen) atoms. The predicted molar refractivity (Wildman–Crippen MR) is 102 cm³/mol. The first-order valence-electron chi connectivity index (χ1n) is 9.26. The van der Waals surface area contributed by atoms with Gasteiger partial charge in [0.05, 0.1) is 11.1 Å². The van der Waals surface area contributed by atoms with Crippen LogP contribution in [0, 0.1) is 0 Å². The monoisotopic (exact) mass is 394 g/mol. The van der Waals surface area contributed by atoms with Crippen molar-refractivity contribution in [2.45, 2.75) is 6.18 Å². The smallest absolute Gasteiger partial charge is 0.360 e. The second-order valence-electron chi connectivity index (χ2n) is 7.31. The summed E-state index contributed by atoms with van der Waals surface area (Å²) in [7, 11) is 4.08. The van der Waals surface area contributed by atoms with Gasteiger partial charge in [0.15, 0.2) is 0 Å². The number of piperazine rings is 1. The van der Waals surface area contributed by atoms with Crippen LogP contribution in [0.15, 0.2) is 36.5 Å². The Hall–Kier alpha value is -2.32. The van der Waals surface area contributed by atoms with Gasteiger partial charge in [-0.25, -0.2) is 0 Å². The Bertz CT molecular complexity index is 791. The van der Waals surface area contributed by atoms with E-state index in [2.05, 4.69) is 14.8 Å². The van der Waals surface area contributed by atoms with E-state index in [1.807, 2.05) is 19.0 Å². The lowest BCUT2D eigenvalue weighted by molar-refractivity contribution is -0.137. The van der Waals surface area contributed by atoms with Gasteiger partial charge in [-0.15, -0.1) is 0 Å². The number of hydrogen-bond acceptors (Lipinski definition) is 3. The van der Waals surface area contributed by atoms with Crippen molar-refractivity contribution in [3.8, 4) is 11.3 Å². The molecular weight excluding hydrogens is 369 g/mol. The van der Waals surface area contributed by atoms with Crippen molar-refractivity contribution < 1.29 is 18.0 Å². The first-order valence-corrected chi connectivity index (χ1v) is 9.26. The van der Waals surface area contributed by atoms with E-state index in [0.717, 1.165) is 38.3 Å². The number of halogens is 3. The van der Waals surface area contributed by atoms with Crippen LogP contribution in [0.4, 0.5) is 13.2 Å². The number of likely N-dealkylation sites (N-methyl/N-ethyl adjacent to an activating group) is 1. The number of alkyl halides is 3. The number of carbonyl (C=O) groups excluding carboxylic acids is 1. The average Bonchev–Trinajstić information content (AvgIpc) is 3.16. The number of amides is 1. The maximum atomic E-state index is 12.7. The number of H-pyrrole nitrogens is 1. The average molecular weight is 394 g/mol. The van der Waals surface area contributed by atoms with E-state index < -0.39 is 11.7 Å². The molecule has 1 aromatic carbocycles. The molecule has 2 aromatic rings. The third kappa shape index (κ3) is 4.94. The lowest BCUT2D eigenvalue weighted by atomic mass is 10.1. The lowest BCUT2D eigenvalue weighted by Crippen LogP contribution is -2.49. The fraction of sp³-hybridized carbons (Fsp3) is 0.450. The van der Waals surface area contributed by atoms with Crippen LogP contribution in [0.25, 0.3) is 11.3 Å². The van der Waals surface area contributed by atoms with Crippen molar-refractivity contribution in [1.29, 1.82) is 0 Å². The zero-order valence-corrected chi connectivity index (χ0v) is 16.1. The molecule has 0 radical (unpaired) electrons. The van der Waals surface area contributed by atoms with E-state index >= 15 is 0 Å². The minimum atomic E-state index is -4.36. The third-order valence-electron chi connectivity index (χ3n) is 4.98. The van der Waals surface area contributed by atoms with Crippen molar-refractivity contribution in [1.82, 2.24) is 19.7 Å². The van der Waals surface area contributed by atoms with Gasteiger partial charge in [0.25, 0.3) is 5.91 Å². The zero-order valence-electron chi connectivity index (χ0n) is 16.1. The molecular formula is C20H25F3N4O. The van der Waals surface area contributed by atoms with Crippen molar-refractivity contribution in [2.75, 3.05) is 53.4 Å². The van der Waals surface area contributed by atoms with Crippen molar-refractivity contribution >= 4 is 5.91 Å². The molecule has 3 rings (SSSR count). The maximum absolute atomic E-state index is 12.7. The topological polar surface area (TPSA) is 42.6 Å². The van der Waals surface area contributed by atoms with Gasteiger partial charge in [-0.05, 0) is 37.9 Å². The normalized spacial score (nSPS) is 16.0. The Morgan fingerprint density at radius 2 is 1.75 bits per heavy atom. The van der Waals surface area contributed by atoms with Crippen molar-refractivity contribution in [3.63, 3.8) is 0 Å². The van der Waals surface area contributed by atoms with Gasteiger partial charge in [-0.1, -0.05) is 12.1 Å². The fourth-order valence-corrected chi connectivity index (χ4v) is 3.22. The molecule has 0 unspecified atom stereocenters. The number of nitrogens with zero attached hydrogens (tertiary/aromatic N) is 3. The van der Waals surface area contributed by atoms with Crippen LogP contribution in [0.5, 0.6) is 0 Å². The van der Waals surface area contributed by atoms with Crippen LogP contribution in [0.2, 0.25) is 0 Å². The minimum absolute atomic E-state index is 0.0540. The van der Waals surface area contributed by atoms with Crippen LogP contribution in [0.1, 0.15) is 15.9 Å². The zero-order chi connectivity index (χ0) is 20.3. The SMILES string of the molecule is CN(C)CCN1CCN(C(=O)c2c[nH]c(-c3ccc(C(F)(F)F)cc3)c2)CC1. The Balaban J connectivity index is 1.60. The van der Waals surface area contributed by atoms with Gasteiger partial charge in [0.2, 0.25) is 0 Å². The van der Waals surface area contributed by atoms with E-state index in [1.54, 1.807) is 12.3 Å². The quantitative estimate of drug-likeness (QED) is 0.848. The highest BCUT2D eigenvalue weighted by atomic mass is 19.4. The van der Waals surface area contributed by atoms with E-state index in [-0.39, 0.29) is 5.91 Å². The lowest BCUT2D eigenvalue weighted by Gasteiger charge is -2.35. The van der Waals surface area contributed by atoms with Crippen LogP contribution >= 0.6 is 0 Å². The third-order valence-corrected chi connectivity index (χ3v) is 4.98. The Labute approximate surface area is 162 Å². The molecule has 8 heteroatoms. The van der Waals surface area contributed by atoms with Gasteiger partial charge in [-0.3, -0.25) is 9.69 Å². The van der Waals surface area contributed by atoms with E-state index in [1.165, 1.54) is 12.1 Å². The highest BCUT2D eigenvalue weighted by Crippen LogP contribution is 2.31. The van der Waals surface area contributed by atoms with Crippen LogP contribution < -0.4 is 0 Å². The molecule has 1 aliphatic rings. The second-order valence-corrected chi connectivity index (χ2v) is 7.31. The summed E-state index contributed by atoms with van der Waals surface area (Å²) in [4.78, 5) is 22.0. The molecule has 2 heterocycles. The largest absolute Gasteiger partial charge is 0.416 e. The van der Waals surface area contributed by atoms with Crippen LogP contribution in [0.3, 0.4) is 0 Å². The summed E-state index contributed by atoms with van der Waals surface area (Å²) < 4.78 is 38.1. The molecule has 152 valence electrons. The predicted octanol–water partition coefficient (Wildman–Crippen LogP) is 3.02. The summed E-state index contributed by atoms with van der Waals surface area (Å²) in [6.45, 7) is 5.01. The molecule has 0 spiro atoms. The van der Waals surface area contributed by atoms with E-state index in [9.17, 15) is 18.0 Å². The maximum Gasteiger partial charge on any atom is 0.416 e. The molecule has 1 aromatic heterocycles. The Kier molecular flexibility index (Phi) is 6.10. The van der Waals surface area contributed by atoms with Crippen molar-refractivity contribution in [2.24, 2.45) is 0 Å². The van der Waals surface area contributed by atoms with Crippen LogP contribution in [-0.4, -0.2) is 79.0 Å². The number of carbonyl (C=O) groups is 1. The van der Waals surface area contributed by atoms with Crippen LogP contribution in [-0.2, 0) is 6.18 Å². The molecule has 0 aliphatic carbocycles. The molecule has 0 bridgehead atoms. The molecule has 0 saturated carbocycles. The van der Waals surface area contributed by atoms with Crippen molar-refractivity contribution in [3.05, 3.63) is 47.7 Å². The summed E-state index contributed by atoms with van der Waals surface area (Å²) >= 11 is 0. The first kappa shape index (κ1) is 20.4. The second kappa shape index (κ2) is 8.36. The molecule has 1 aliphatic heterocycles. The minimum Gasteiger partial charge on any atom is -0.360 e. The highest BCUT2D eigenvalue weighted by Gasteiger charge is 2.30. The number of nitrogens with one attached hydrogen (secondary N) is 1. The number of benzene rings is 1. The molecule has 1 N–H and O–H groups in total. The molecule has 5 nitrogen and oxygen atoms in total. The summed E-state index contributed by atoms with van der Waals surface area (Å²) in [5, 5.41) is 0. The fourth-order valence-electron chi connectivity index (χ4n) is 3.22. The first-order chi connectivity index (χ1) is 13.2. The Morgan fingerprint density at radius 3 is 2.32 bits per heavy atom. The number of rotatable bonds is 5. The van der Waals surface area contributed by atoms with Gasteiger partial charge < -0.3 is 14.8 Å². The standard InChI is InChI=1S/C20H25F3N4O/c1-25(2)7-8-26-9-11-27(12-10-26)19(28)16-13-18(24-14-16)15-3-5-17(6-4-15)20(21,22)23/h3-6,13-14,24H,7-12H2,1-2H3. The molecule has 1 fully saturated rings. The number of hydrogen-bond donors (Lipinski definition) is 1. The Morgan fingerprint density at radius 1 is 1.11 bits per heavy atom. The molecule has 1 amide bonds. The summed E-state index contributed by atoms with van der Waals surface area (Å²) in [5.41, 5.74) is 1.07. The van der Waals surface area contributed by atoms with E-state index in [4.69, 9.17) is 0 Å². The summed E-state index contributed by atoms with van der Waals surface area (Å²) in [6.07, 6.45) is -2.74. The van der Waals surface area contributed by atoms with Gasteiger partial charge >= 0.3 is 6.18 Å². The van der Waals surface area contributed by atoms with Gasteiger partial charge in [0.1, 0.15) is 0 Å².